The van der Waals surface area contributed by atoms with Crippen LogP contribution in [0.2, 0.25) is 0 Å². The Labute approximate surface area is 116 Å². The Hall–Kier alpha value is -0.900. The van der Waals surface area contributed by atoms with Crippen molar-refractivity contribution in [1.29, 1.82) is 0 Å². The lowest BCUT2D eigenvalue weighted by Crippen LogP contribution is -2.34. The third-order valence-corrected chi connectivity index (χ3v) is 4.05. The van der Waals surface area contributed by atoms with Gasteiger partial charge in [0.15, 0.2) is 0 Å². The van der Waals surface area contributed by atoms with E-state index in [1.807, 2.05) is 30.3 Å². The standard InChI is InChI=1S/C16H26N2O/c1-2-18-11-6-9-15(10-12-18)17-13-16(19)14-7-4-3-5-8-14/h3-5,7-8,15-17,19H,2,6,9-13H2,1H3. The molecule has 0 saturated carbocycles. The van der Waals surface area contributed by atoms with E-state index in [2.05, 4.69) is 17.1 Å². The second-order valence-electron chi connectivity index (χ2n) is 5.40. The van der Waals surface area contributed by atoms with Crippen molar-refractivity contribution in [2.45, 2.75) is 38.3 Å². The molecule has 2 N–H and O–H groups in total. The van der Waals surface area contributed by atoms with Gasteiger partial charge in [-0.3, -0.25) is 0 Å². The summed E-state index contributed by atoms with van der Waals surface area (Å²) in [6.07, 6.45) is 3.27. The number of benzene rings is 1. The molecule has 1 heterocycles. The van der Waals surface area contributed by atoms with Crippen LogP contribution in [0.4, 0.5) is 0 Å². The maximum atomic E-state index is 10.1. The molecule has 1 aromatic rings. The summed E-state index contributed by atoms with van der Waals surface area (Å²) in [5, 5.41) is 13.7. The topological polar surface area (TPSA) is 35.5 Å². The molecule has 3 nitrogen and oxygen atoms in total. The van der Waals surface area contributed by atoms with Gasteiger partial charge in [0.1, 0.15) is 0 Å². The van der Waals surface area contributed by atoms with Gasteiger partial charge < -0.3 is 15.3 Å². The highest BCUT2D eigenvalue weighted by atomic mass is 16.3. The molecule has 1 aromatic carbocycles. The fraction of sp³-hybridized carbons (Fsp3) is 0.625. The Morgan fingerprint density at radius 1 is 1.26 bits per heavy atom. The number of hydrogen-bond acceptors (Lipinski definition) is 3. The molecule has 3 heteroatoms. The molecule has 2 unspecified atom stereocenters. The lowest BCUT2D eigenvalue weighted by molar-refractivity contribution is 0.168. The zero-order valence-corrected chi connectivity index (χ0v) is 11.9. The van der Waals surface area contributed by atoms with Gasteiger partial charge in [0, 0.05) is 12.6 Å². The van der Waals surface area contributed by atoms with Crippen LogP contribution in [-0.2, 0) is 0 Å². The maximum absolute atomic E-state index is 10.1. The molecule has 19 heavy (non-hydrogen) atoms. The minimum atomic E-state index is -0.397. The van der Waals surface area contributed by atoms with Crippen LogP contribution in [0.5, 0.6) is 0 Å². The Kier molecular flexibility index (Phi) is 5.83. The van der Waals surface area contributed by atoms with Crippen molar-refractivity contribution in [2.24, 2.45) is 0 Å². The molecule has 2 atom stereocenters. The first-order valence-corrected chi connectivity index (χ1v) is 7.48. The fourth-order valence-corrected chi connectivity index (χ4v) is 2.75. The van der Waals surface area contributed by atoms with Crippen molar-refractivity contribution >= 4 is 0 Å². The summed E-state index contributed by atoms with van der Waals surface area (Å²) < 4.78 is 0. The summed E-state index contributed by atoms with van der Waals surface area (Å²) in [6.45, 7) is 6.43. The van der Waals surface area contributed by atoms with E-state index in [-0.39, 0.29) is 0 Å². The molecule has 0 aliphatic carbocycles. The van der Waals surface area contributed by atoms with E-state index >= 15 is 0 Å². The third kappa shape index (κ3) is 4.60. The van der Waals surface area contributed by atoms with Crippen molar-refractivity contribution < 1.29 is 5.11 Å². The summed E-state index contributed by atoms with van der Waals surface area (Å²) in [4.78, 5) is 2.51. The zero-order chi connectivity index (χ0) is 13.5. The van der Waals surface area contributed by atoms with Crippen LogP contribution in [0.15, 0.2) is 30.3 Å². The van der Waals surface area contributed by atoms with Gasteiger partial charge >= 0.3 is 0 Å². The van der Waals surface area contributed by atoms with E-state index in [1.165, 1.54) is 32.4 Å². The van der Waals surface area contributed by atoms with Gasteiger partial charge in [-0.1, -0.05) is 37.3 Å². The Bertz CT molecular complexity index is 355. The smallest absolute Gasteiger partial charge is 0.0914 e. The summed E-state index contributed by atoms with van der Waals surface area (Å²) in [6, 6.07) is 10.5. The van der Waals surface area contributed by atoms with Crippen LogP contribution >= 0.6 is 0 Å². The number of hydrogen-bond donors (Lipinski definition) is 2. The molecule has 1 aliphatic rings. The van der Waals surface area contributed by atoms with Gasteiger partial charge in [0.05, 0.1) is 6.10 Å². The number of rotatable bonds is 5. The average molecular weight is 262 g/mol. The normalized spacial score (nSPS) is 22.9. The van der Waals surface area contributed by atoms with Gasteiger partial charge in [-0.15, -0.1) is 0 Å². The molecule has 0 bridgehead atoms. The highest BCUT2D eigenvalue weighted by molar-refractivity contribution is 5.17. The quantitative estimate of drug-likeness (QED) is 0.854. The van der Waals surface area contributed by atoms with E-state index < -0.39 is 6.10 Å². The molecule has 106 valence electrons. The van der Waals surface area contributed by atoms with Crippen molar-refractivity contribution in [2.75, 3.05) is 26.2 Å². The SMILES string of the molecule is CCN1CCCC(NCC(O)c2ccccc2)CC1. The van der Waals surface area contributed by atoms with E-state index in [1.54, 1.807) is 0 Å². The molecule has 1 aliphatic heterocycles. The summed E-state index contributed by atoms with van der Waals surface area (Å²) in [7, 11) is 0. The van der Waals surface area contributed by atoms with Crippen molar-refractivity contribution in [3.63, 3.8) is 0 Å². The van der Waals surface area contributed by atoms with Crippen LogP contribution in [0.1, 0.15) is 37.9 Å². The minimum Gasteiger partial charge on any atom is -0.387 e. The molecular weight excluding hydrogens is 236 g/mol. The molecule has 0 amide bonds. The second-order valence-corrected chi connectivity index (χ2v) is 5.40. The second kappa shape index (κ2) is 7.63. The molecule has 0 radical (unpaired) electrons. The van der Waals surface area contributed by atoms with Crippen molar-refractivity contribution in [1.82, 2.24) is 10.2 Å². The van der Waals surface area contributed by atoms with Crippen LogP contribution in [-0.4, -0.2) is 42.2 Å². The molecule has 0 spiro atoms. The predicted octanol–water partition coefficient (Wildman–Crippen LogP) is 2.18. The molecule has 1 fully saturated rings. The molecule has 1 saturated heterocycles. The van der Waals surface area contributed by atoms with Gasteiger partial charge in [-0.25, -0.2) is 0 Å². The van der Waals surface area contributed by atoms with Crippen molar-refractivity contribution in [3.05, 3.63) is 35.9 Å². The van der Waals surface area contributed by atoms with Gasteiger partial charge in [-0.2, -0.15) is 0 Å². The van der Waals surface area contributed by atoms with Crippen LogP contribution in [0.25, 0.3) is 0 Å². The van der Waals surface area contributed by atoms with Gasteiger partial charge in [-0.05, 0) is 44.5 Å². The van der Waals surface area contributed by atoms with E-state index in [0.717, 1.165) is 12.1 Å². The number of likely N-dealkylation sites (tertiary alicyclic amines) is 1. The number of nitrogens with one attached hydrogen (secondary N) is 1. The summed E-state index contributed by atoms with van der Waals surface area (Å²) >= 11 is 0. The van der Waals surface area contributed by atoms with Gasteiger partial charge in [0.25, 0.3) is 0 Å². The summed E-state index contributed by atoms with van der Waals surface area (Å²) in [5.74, 6) is 0. The Morgan fingerprint density at radius 2 is 2.05 bits per heavy atom. The van der Waals surface area contributed by atoms with Crippen LogP contribution in [0, 0.1) is 0 Å². The lowest BCUT2D eigenvalue weighted by Gasteiger charge is -2.20. The largest absolute Gasteiger partial charge is 0.387 e. The Balaban J connectivity index is 1.76. The first kappa shape index (κ1) is 14.5. The summed E-state index contributed by atoms with van der Waals surface area (Å²) in [5.41, 5.74) is 0.999. The van der Waals surface area contributed by atoms with Crippen molar-refractivity contribution in [3.8, 4) is 0 Å². The number of aliphatic hydroxyl groups excluding tert-OH is 1. The third-order valence-electron chi connectivity index (χ3n) is 4.05. The monoisotopic (exact) mass is 262 g/mol. The van der Waals surface area contributed by atoms with Crippen LogP contribution in [0.3, 0.4) is 0 Å². The minimum absolute atomic E-state index is 0.397. The zero-order valence-electron chi connectivity index (χ0n) is 11.9. The fourth-order valence-electron chi connectivity index (χ4n) is 2.75. The highest BCUT2D eigenvalue weighted by Crippen LogP contribution is 2.14. The van der Waals surface area contributed by atoms with E-state index in [0.29, 0.717) is 12.6 Å². The van der Waals surface area contributed by atoms with Crippen LogP contribution < -0.4 is 5.32 Å². The maximum Gasteiger partial charge on any atom is 0.0914 e. The van der Waals surface area contributed by atoms with E-state index in [4.69, 9.17) is 0 Å². The molecule has 2 rings (SSSR count). The lowest BCUT2D eigenvalue weighted by atomic mass is 10.1. The Morgan fingerprint density at radius 3 is 2.79 bits per heavy atom. The predicted molar refractivity (Wildman–Crippen MR) is 79.2 cm³/mol. The first-order valence-electron chi connectivity index (χ1n) is 7.48. The first-order chi connectivity index (χ1) is 9.29. The molecular formula is C16H26N2O. The van der Waals surface area contributed by atoms with E-state index in [9.17, 15) is 5.11 Å². The molecule has 0 aromatic heterocycles. The highest BCUT2D eigenvalue weighted by Gasteiger charge is 2.16. The number of aliphatic hydroxyl groups is 1. The number of nitrogens with zero attached hydrogens (tertiary/aromatic N) is 1. The van der Waals surface area contributed by atoms with Gasteiger partial charge in [0.2, 0.25) is 0 Å². The average Bonchev–Trinajstić information content (AvgIpc) is 2.70.